The van der Waals surface area contributed by atoms with E-state index in [0.29, 0.717) is 0 Å². The van der Waals surface area contributed by atoms with Crippen molar-refractivity contribution in [1.29, 1.82) is 0 Å². The summed E-state index contributed by atoms with van der Waals surface area (Å²) in [6.45, 7) is 3.99. The maximum atomic E-state index is 12.0. The van der Waals surface area contributed by atoms with Crippen LogP contribution in [0.1, 0.15) is 27.2 Å². The van der Waals surface area contributed by atoms with Crippen molar-refractivity contribution in [2.45, 2.75) is 27.2 Å². The largest absolute Gasteiger partial charge is 0.473 e. The van der Waals surface area contributed by atoms with Gasteiger partial charge in [-0.1, -0.05) is 26.0 Å². The first-order valence-corrected chi connectivity index (χ1v) is 8.52. The summed E-state index contributed by atoms with van der Waals surface area (Å²) in [6.07, 6.45) is 2.72. The lowest BCUT2D eigenvalue weighted by Crippen LogP contribution is -2.65. The number of halogens is 2. The van der Waals surface area contributed by atoms with Gasteiger partial charge >= 0.3 is 11.9 Å². The van der Waals surface area contributed by atoms with Crippen LogP contribution in [-0.2, 0) is 18.2 Å². The zero-order valence-corrected chi connectivity index (χ0v) is 13.8. The third kappa shape index (κ3) is 4.99. The minimum absolute atomic E-state index is 0.188. The molecule has 2 atom stereocenters. The summed E-state index contributed by atoms with van der Waals surface area (Å²) in [6, 6.07) is 0. The van der Waals surface area contributed by atoms with Gasteiger partial charge in [0.1, 0.15) is 25.9 Å². The fourth-order valence-corrected chi connectivity index (χ4v) is 3.30. The molecular weight excluding hydrogens is 363 g/mol. The fourth-order valence-electron chi connectivity index (χ4n) is 2.69. The van der Waals surface area contributed by atoms with Crippen molar-refractivity contribution >= 4 is 11.9 Å². The quantitative estimate of drug-likeness (QED) is 0.427. The van der Waals surface area contributed by atoms with Gasteiger partial charge in [-0.15, -0.1) is 0 Å². The molecule has 0 bridgehead atoms. The van der Waals surface area contributed by atoms with E-state index in [2.05, 4.69) is 8.58 Å². The molecule has 0 heterocycles. The highest BCUT2D eigenvalue weighted by molar-refractivity contribution is 5.87. The van der Waals surface area contributed by atoms with Crippen LogP contribution in [0.25, 0.3) is 0 Å². The molecular formula is C11H14Cl2O10. The predicted molar refractivity (Wildman–Crippen MR) is 51.3 cm³/mol. The minimum Gasteiger partial charge on any atom is -0.234 e. The highest BCUT2D eigenvalue weighted by atomic mass is 35.7. The van der Waals surface area contributed by atoms with Crippen LogP contribution in [-0.4, -0.2) is 11.9 Å². The first kappa shape index (κ1) is 20.1. The first-order chi connectivity index (χ1) is 10.1. The molecule has 0 saturated carbocycles. The standard InChI is InChI=1S/C11H14Cl2O10/c1-10(2)5-4-6-11(3,9(15)23-13(19,20)21)7(10)8(14)22-12(16,17)18/h4,6-7H,5H2,1-3H3. The monoisotopic (exact) mass is 376 g/mol. The summed E-state index contributed by atoms with van der Waals surface area (Å²) in [5.41, 5.74) is -3.12. The molecule has 10 nitrogen and oxygen atoms in total. The van der Waals surface area contributed by atoms with E-state index >= 15 is 0 Å². The molecule has 0 aromatic heterocycles. The van der Waals surface area contributed by atoms with Crippen LogP contribution in [0.4, 0.5) is 0 Å². The minimum atomic E-state index is -5.11. The Balaban J connectivity index is 3.25. The van der Waals surface area contributed by atoms with Gasteiger partial charge in [-0.2, -0.15) is 28.0 Å². The van der Waals surface area contributed by atoms with E-state index in [1.807, 2.05) is 0 Å². The first-order valence-electron chi connectivity index (χ1n) is 6.05. The lowest BCUT2D eigenvalue weighted by Gasteiger charge is -2.41. The van der Waals surface area contributed by atoms with Crippen molar-refractivity contribution in [3.05, 3.63) is 12.2 Å². The SMILES string of the molecule is CC1(C)CC=CC(C)(C(=O)O[Cl+3]([O-])([O-])[O-])C1C(=O)O[Cl+3]([O-])([O-])[O-]. The van der Waals surface area contributed by atoms with E-state index in [1.54, 1.807) is 0 Å². The molecule has 0 radical (unpaired) electrons. The molecule has 0 N–H and O–H groups in total. The van der Waals surface area contributed by atoms with Gasteiger partial charge in [-0.3, -0.25) is 0 Å². The highest BCUT2D eigenvalue weighted by Gasteiger charge is 2.61. The van der Waals surface area contributed by atoms with Crippen LogP contribution >= 0.6 is 0 Å². The summed E-state index contributed by atoms with van der Waals surface area (Å²) in [4.78, 5) is 24.0. The molecule has 1 aliphatic carbocycles. The second-order valence-electron chi connectivity index (χ2n) is 5.83. The molecule has 2 unspecified atom stereocenters. The van der Waals surface area contributed by atoms with Crippen LogP contribution in [0.5, 0.6) is 0 Å². The van der Waals surface area contributed by atoms with Gasteiger partial charge < -0.3 is 0 Å². The Morgan fingerprint density at radius 1 is 1.00 bits per heavy atom. The van der Waals surface area contributed by atoms with Crippen LogP contribution < -0.4 is 28.0 Å². The zero-order valence-electron chi connectivity index (χ0n) is 12.3. The second kappa shape index (κ2) is 6.15. The van der Waals surface area contributed by atoms with E-state index in [-0.39, 0.29) is 6.42 Å². The van der Waals surface area contributed by atoms with Gasteiger partial charge in [-0.25, -0.2) is 9.59 Å². The average molecular weight is 377 g/mol. The Bertz CT molecular complexity index is 518. The van der Waals surface area contributed by atoms with Gasteiger partial charge in [0.15, 0.2) is 0 Å². The molecule has 0 saturated heterocycles. The number of carbonyl (C=O) groups excluding carboxylic acids is 2. The Morgan fingerprint density at radius 2 is 1.48 bits per heavy atom. The molecule has 0 spiro atoms. The van der Waals surface area contributed by atoms with Crippen LogP contribution in [0.2, 0.25) is 0 Å². The van der Waals surface area contributed by atoms with Crippen molar-refractivity contribution in [1.82, 2.24) is 0 Å². The third-order valence-electron chi connectivity index (χ3n) is 3.50. The maximum absolute atomic E-state index is 12.0. The van der Waals surface area contributed by atoms with E-state index < -0.39 is 49.2 Å². The summed E-state index contributed by atoms with van der Waals surface area (Å²) >= 11 is 0. The molecule has 12 heteroatoms. The third-order valence-corrected chi connectivity index (χ3v) is 4.17. The van der Waals surface area contributed by atoms with Crippen molar-refractivity contribution in [2.24, 2.45) is 16.7 Å². The van der Waals surface area contributed by atoms with Gasteiger partial charge in [0, 0.05) is 0 Å². The van der Waals surface area contributed by atoms with Crippen LogP contribution in [0.15, 0.2) is 12.2 Å². The fraction of sp³-hybridized carbons (Fsp3) is 0.636. The van der Waals surface area contributed by atoms with Gasteiger partial charge in [-0.05, 0) is 27.3 Å². The Kier molecular flexibility index (Phi) is 5.36. The van der Waals surface area contributed by atoms with Crippen molar-refractivity contribution in [3.8, 4) is 0 Å². The number of allylic oxidation sites excluding steroid dienone is 1. The molecule has 132 valence electrons. The number of rotatable bonds is 4. The average Bonchev–Trinajstić information content (AvgIpc) is 2.21. The molecule has 1 rings (SSSR count). The van der Waals surface area contributed by atoms with E-state index in [9.17, 15) is 37.5 Å². The Morgan fingerprint density at radius 3 is 1.91 bits per heavy atom. The van der Waals surface area contributed by atoms with Crippen LogP contribution in [0, 0.1) is 37.2 Å². The molecule has 23 heavy (non-hydrogen) atoms. The number of hydrogen-bond donors (Lipinski definition) is 0. The van der Waals surface area contributed by atoms with Gasteiger partial charge in [0.05, 0.1) is 5.92 Å². The number of carbonyl (C=O) groups is 2. The van der Waals surface area contributed by atoms with E-state index in [1.165, 1.54) is 19.9 Å². The highest BCUT2D eigenvalue weighted by Crippen LogP contribution is 2.49. The summed E-state index contributed by atoms with van der Waals surface area (Å²) in [5.74, 6) is -4.74. The smallest absolute Gasteiger partial charge is 0.234 e. The second-order valence-corrected chi connectivity index (χ2v) is 7.65. The predicted octanol–water partition coefficient (Wildman–Crippen LogP) is -5.52. The molecule has 0 aromatic rings. The van der Waals surface area contributed by atoms with E-state index in [4.69, 9.17) is 0 Å². The van der Waals surface area contributed by atoms with Crippen molar-refractivity contribution in [3.63, 3.8) is 0 Å². The molecule has 0 amide bonds. The lowest BCUT2D eigenvalue weighted by atomic mass is 9.59. The van der Waals surface area contributed by atoms with Crippen LogP contribution in [0.3, 0.4) is 0 Å². The molecule has 0 aromatic carbocycles. The number of hydrogen-bond acceptors (Lipinski definition) is 10. The topological polar surface area (TPSA) is 191 Å². The van der Waals surface area contributed by atoms with Crippen molar-refractivity contribution < 1.29 is 66.6 Å². The normalized spacial score (nSPS) is 27.4. The summed E-state index contributed by atoms with van der Waals surface area (Å²) < 4.78 is 71.0. The Labute approximate surface area is 135 Å². The van der Waals surface area contributed by atoms with E-state index in [0.717, 1.165) is 13.0 Å². The molecule has 0 aliphatic heterocycles. The summed E-state index contributed by atoms with van der Waals surface area (Å²) in [5, 5.41) is 0. The van der Waals surface area contributed by atoms with Crippen molar-refractivity contribution in [2.75, 3.05) is 0 Å². The van der Waals surface area contributed by atoms with Gasteiger partial charge in [0.2, 0.25) is 0 Å². The summed E-state index contributed by atoms with van der Waals surface area (Å²) in [7, 11) is -10.2. The zero-order chi connectivity index (χ0) is 18.3. The molecule has 1 aliphatic rings. The maximum Gasteiger partial charge on any atom is 0.473 e. The molecule has 0 fully saturated rings. The lowest BCUT2D eigenvalue weighted by molar-refractivity contribution is -1.92. The van der Waals surface area contributed by atoms with Gasteiger partial charge in [0.25, 0.3) is 0 Å². The Hall–Kier alpha value is -0.980.